The van der Waals surface area contributed by atoms with Gasteiger partial charge in [0.05, 0.1) is 22.4 Å². The first-order valence-electron chi connectivity index (χ1n) is 6.92. The molecule has 22 heavy (non-hydrogen) atoms. The lowest BCUT2D eigenvalue weighted by Crippen LogP contribution is -2.27. The zero-order valence-corrected chi connectivity index (χ0v) is 13.9. The molecule has 5 nitrogen and oxygen atoms in total. The van der Waals surface area contributed by atoms with Crippen LogP contribution in [0.5, 0.6) is 0 Å². The van der Waals surface area contributed by atoms with Crippen molar-refractivity contribution >= 4 is 21.4 Å². The first-order valence-corrected chi connectivity index (χ1v) is 9.39. The molecule has 0 bridgehead atoms. The maximum absolute atomic E-state index is 12.0. The summed E-state index contributed by atoms with van der Waals surface area (Å²) in [4.78, 5) is 5.46. The van der Waals surface area contributed by atoms with Crippen LogP contribution in [-0.2, 0) is 28.6 Å². The van der Waals surface area contributed by atoms with Crippen LogP contribution in [0.4, 0.5) is 0 Å². The highest BCUT2D eigenvalue weighted by Crippen LogP contribution is 2.13. The molecule has 0 fully saturated rings. The summed E-state index contributed by atoms with van der Waals surface area (Å²) >= 11 is 1.61. The smallest absolute Gasteiger partial charge is 0.215 e. The number of benzene rings is 1. The van der Waals surface area contributed by atoms with E-state index in [1.807, 2.05) is 12.3 Å². The third-order valence-corrected chi connectivity index (χ3v) is 5.58. The average Bonchev–Trinajstić information content (AvgIpc) is 2.94. The zero-order valence-electron chi connectivity index (χ0n) is 12.2. The monoisotopic (exact) mass is 335 g/mol. The molecule has 0 aliphatic carbocycles. The minimum atomic E-state index is -3.41. The second-order valence-electron chi connectivity index (χ2n) is 4.79. The Labute approximate surface area is 134 Å². The van der Waals surface area contributed by atoms with E-state index in [-0.39, 0.29) is 5.75 Å². The highest BCUT2D eigenvalue weighted by atomic mass is 32.2. The fourth-order valence-electron chi connectivity index (χ4n) is 1.94. The van der Waals surface area contributed by atoms with Crippen LogP contribution in [0.15, 0.2) is 30.5 Å². The highest BCUT2D eigenvalue weighted by Gasteiger charge is 2.12. The Bertz CT molecular complexity index is 776. The largest absolute Gasteiger partial charge is 0.249 e. The summed E-state index contributed by atoms with van der Waals surface area (Å²) in [6.45, 7) is 2.40. The maximum Gasteiger partial charge on any atom is 0.215 e. The Morgan fingerprint density at radius 2 is 2.23 bits per heavy atom. The van der Waals surface area contributed by atoms with Gasteiger partial charge in [0, 0.05) is 24.0 Å². The van der Waals surface area contributed by atoms with Crippen molar-refractivity contribution in [1.82, 2.24) is 9.71 Å². The number of rotatable bonds is 7. The molecule has 116 valence electrons. The van der Waals surface area contributed by atoms with Gasteiger partial charge in [0.15, 0.2) is 0 Å². The number of hydrogen-bond donors (Lipinski definition) is 1. The molecular formula is C15H17N3O2S2. The van der Waals surface area contributed by atoms with Crippen molar-refractivity contribution in [1.29, 1.82) is 5.26 Å². The van der Waals surface area contributed by atoms with Gasteiger partial charge in [-0.05, 0) is 24.1 Å². The number of nitriles is 1. The van der Waals surface area contributed by atoms with Gasteiger partial charge in [-0.25, -0.2) is 18.1 Å². The van der Waals surface area contributed by atoms with Crippen LogP contribution in [0.25, 0.3) is 0 Å². The second-order valence-corrected chi connectivity index (χ2v) is 7.80. The molecular weight excluding hydrogens is 318 g/mol. The fraction of sp³-hybridized carbons (Fsp3) is 0.333. The number of sulfonamides is 1. The lowest BCUT2D eigenvalue weighted by molar-refractivity contribution is 0.580. The summed E-state index contributed by atoms with van der Waals surface area (Å²) < 4.78 is 26.7. The molecule has 0 spiro atoms. The number of aryl methyl sites for hydroxylation is 1. The Morgan fingerprint density at radius 3 is 2.91 bits per heavy atom. The van der Waals surface area contributed by atoms with E-state index < -0.39 is 10.0 Å². The summed E-state index contributed by atoms with van der Waals surface area (Å²) in [7, 11) is -3.41. The number of hydrogen-bond acceptors (Lipinski definition) is 5. The zero-order chi connectivity index (χ0) is 16.0. The standard InChI is InChI=1S/C15H17N3O2S2/c1-2-14-10-17-15(21-14)6-7-18-22(19,20)11-13-5-3-4-12(8-13)9-16/h3-5,8,10,18H,2,6-7,11H2,1H3. The minimum absolute atomic E-state index is 0.124. The molecule has 0 saturated heterocycles. The fourth-order valence-corrected chi connectivity index (χ4v) is 3.94. The molecule has 2 aromatic rings. The van der Waals surface area contributed by atoms with Gasteiger partial charge in [-0.1, -0.05) is 19.1 Å². The van der Waals surface area contributed by atoms with Gasteiger partial charge in [-0.3, -0.25) is 0 Å². The van der Waals surface area contributed by atoms with Crippen molar-refractivity contribution in [2.45, 2.75) is 25.5 Å². The van der Waals surface area contributed by atoms with Crippen LogP contribution in [0.1, 0.15) is 27.9 Å². The molecule has 0 aliphatic heterocycles. The second kappa shape index (κ2) is 7.49. The van der Waals surface area contributed by atoms with Crippen LogP contribution >= 0.6 is 11.3 Å². The predicted octanol–water partition coefficient (Wildman–Crippen LogP) is 2.24. The van der Waals surface area contributed by atoms with E-state index in [9.17, 15) is 8.42 Å². The van der Waals surface area contributed by atoms with E-state index in [2.05, 4.69) is 16.6 Å². The summed E-state index contributed by atoms with van der Waals surface area (Å²) in [5, 5.41) is 9.77. The van der Waals surface area contributed by atoms with Gasteiger partial charge < -0.3 is 0 Å². The lowest BCUT2D eigenvalue weighted by atomic mass is 10.2. The Balaban J connectivity index is 1.89. The SMILES string of the molecule is CCc1cnc(CCNS(=O)(=O)Cc2cccc(C#N)c2)s1. The van der Waals surface area contributed by atoms with E-state index in [0.717, 1.165) is 11.4 Å². The number of aromatic nitrogens is 1. The van der Waals surface area contributed by atoms with E-state index in [4.69, 9.17) is 5.26 Å². The van der Waals surface area contributed by atoms with Crippen LogP contribution in [0.2, 0.25) is 0 Å². The van der Waals surface area contributed by atoms with Crippen molar-refractivity contribution in [2.24, 2.45) is 0 Å². The van der Waals surface area contributed by atoms with Gasteiger partial charge in [-0.2, -0.15) is 5.26 Å². The first-order chi connectivity index (χ1) is 10.5. The summed E-state index contributed by atoms with van der Waals surface area (Å²) in [6.07, 6.45) is 3.36. The topological polar surface area (TPSA) is 82.8 Å². The summed E-state index contributed by atoms with van der Waals surface area (Å²) in [5.74, 6) is -0.124. The van der Waals surface area contributed by atoms with E-state index in [0.29, 0.717) is 24.1 Å². The molecule has 1 heterocycles. The van der Waals surface area contributed by atoms with Gasteiger partial charge >= 0.3 is 0 Å². The van der Waals surface area contributed by atoms with Crippen LogP contribution in [-0.4, -0.2) is 19.9 Å². The quantitative estimate of drug-likeness (QED) is 0.841. The summed E-state index contributed by atoms with van der Waals surface area (Å²) in [6, 6.07) is 8.63. The molecule has 1 aromatic heterocycles. The number of nitrogens with zero attached hydrogens (tertiary/aromatic N) is 2. The van der Waals surface area contributed by atoms with Gasteiger partial charge in [-0.15, -0.1) is 11.3 Å². The lowest BCUT2D eigenvalue weighted by Gasteiger charge is -2.06. The van der Waals surface area contributed by atoms with Crippen molar-refractivity contribution in [3.8, 4) is 6.07 Å². The van der Waals surface area contributed by atoms with Crippen molar-refractivity contribution in [2.75, 3.05) is 6.54 Å². The third kappa shape index (κ3) is 4.91. The molecule has 0 aliphatic rings. The molecule has 1 aromatic carbocycles. The van der Waals surface area contributed by atoms with E-state index in [1.165, 1.54) is 4.88 Å². The van der Waals surface area contributed by atoms with Gasteiger partial charge in [0.1, 0.15) is 0 Å². The van der Waals surface area contributed by atoms with Crippen molar-refractivity contribution in [3.63, 3.8) is 0 Å². The molecule has 0 unspecified atom stereocenters. The highest BCUT2D eigenvalue weighted by molar-refractivity contribution is 7.88. The normalized spacial score (nSPS) is 11.3. The minimum Gasteiger partial charge on any atom is -0.249 e. The Kier molecular flexibility index (Phi) is 5.66. The average molecular weight is 335 g/mol. The molecule has 7 heteroatoms. The van der Waals surface area contributed by atoms with Gasteiger partial charge in [0.2, 0.25) is 10.0 Å². The van der Waals surface area contributed by atoms with Crippen molar-refractivity contribution < 1.29 is 8.42 Å². The van der Waals surface area contributed by atoms with Crippen LogP contribution in [0, 0.1) is 11.3 Å². The number of thiazole rings is 1. The summed E-state index contributed by atoms with van der Waals surface area (Å²) in [5.41, 5.74) is 1.07. The van der Waals surface area contributed by atoms with E-state index >= 15 is 0 Å². The molecule has 0 atom stereocenters. The first kappa shape index (κ1) is 16.6. The number of nitrogens with one attached hydrogen (secondary N) is 1. The van der Waals surface area contributed by atoms with Crippen LogP contribution < -0.4 is 4.72 Å². The predicted molar refractivity (Wildman–Crippen MR) is 87.0 cm³/mol. The molecule has 2 rings (SSSR count). The Hall–Kier alpha value is -1.75. The molecule has 0 saturated carbocycles. The molecule has 0 radical (unpaired) electrons. The molecule has 0 amide bonds. The Morgan fingerprint density at radius 1 is 1.41 bits per heavy atom. The maximum atomic E-state index is 12.0. The van der Waals surface area contributed by atoms with Crippen molar-refractivity contribution in [3.05, 3.63) is 51.5 Å². The third-order valence-electron chi connectivity index (χ3n) is 3.02. The van der Waals surface area contributed by atoms with Crippen LogP contribution in [0.3, 0.4) is 0 Å². The van der Waals surface area contributed by atoms with Gasteiger partial charge in [0.25, 0.3) is 0 Å². The molecule has 1 N–H and O–H groups in total. The van der Waals surface area contributed by atoms with E-state index in [1.54, 1.807) is 35.6 Å².